The van der Waals surface area contributed by atoms with E-state index in [0.717, 1.165) is 7.11 Å². The van der Waals surface area contributed by atoms with Crippen molar-refractivity contribution in [1.82, 2.24) is 5.32 Å². The van der Waals surface area contributed by atoms with E-state index in [1.165, 1.54) is 7.11 Å². The lowest BCUT2D eigenvalue weighted by atomic mass is 10.1. The van der Waals surface area contributed by atoms with Crippen molar-refractivity contribution in [3.8, 4) is 0 Å². The number of aliphatic hydroxyl groups is 1. The number of amides is 1. The Morgan fingerprint density at radius 1 is 1.29 bits per heavy atom. The Morgan fingerprint density at radius 3 is 2.24 bits per heavy atom. The molecule has 0 aliphatic heterocycles. The number of halogens is 1. The van der Waals surface area contributed by atoms with Gasteiger partial charge in [-0.15, -0.1) is 0 Å². The van der Waals surface area contributed by atoms with Crippen LogP contribution >= 0.6 is 15.9 Å². The summed E-state index contributed by atoms with van der Waals surface area (Å²) in [5.41, 5.74) is -0.759. The van der Waals surface area contributed by atoms with Crippen LogP contribution in [0.2, 0.25) is 0 Å². The number of esters is 1. The first-order valence-corrected chi connectivity index (χ1v) is 7.20. The fourth-order valence-corrected chi connectivity index (χ4v) is 1.74. The molecule has 0 rings (SSSR count). The molecule has 0 fully saturated rings. The van der Waals surface area contributed by atoms with Crippen LogP contribution in [0.4, 0.5) is 4.79 Å². The minimum absolute atomic E-state index is 0.168. The highest BCUT2D eigenvalue weighted by Gasteiger charge is 2.45. The standard InChI is InChI=1S/C12H22BrNO7/c1-11(2,3)21-10(16)14-8(9(15)19-5)12(17,6-13)20-7-18-4/h8,17H,6-7H2,1-5H3,(H,14,16)/t8-,12+/m1/s1. The lowest BCUT2D eigenvalue weighted by molar-refractivity contribution is -0.244. The third kappa shape index (κ3) is 7.07. The average molecular weight is 372 g/mol. The molecule has 0 saturated carbocycles. The zero-order chi connectivity index (χ0) is 16.7. The van der Waals surface area contributed by atoms with Gasteiger partial charge in [-0.05, 0) is 20.8 Å². The third-order valence-electron chi connectivity index (χ3n) is 2.17. The monoisotopic (exact) mass is 371 g/mol. The second-order valence-corrected chi connectivity index (χ2v) is 5.69. The number of hydrogen-bond acceptors (Lipinski definition) is 7. The normalized spacial score (nSPS) is 15.8. The summed E-state index contributed by atoms with van der Waals surface area (Å²) in [4.78, 5) is 23.6. The van der Waals surface area contributed by atoms with Crippen LogP contribution in [0.25, 0.3) is 0 Å². The molecule has 0 heterocycles. The molecule has 0 aromatic heterocycles. The van der Waals surface area contributed by atoms with E-state index in [1.54, 1.807) is 20.8 Å². The summed E-state index contributed by atoms with van der Waals surface area (Å²) in [5.74, 6) is -2.95. The van der Waals surface area contributed by atoms with Gasteiger partial charge in [0.2, 0.25) is 5.79 Å². The van der Waals surface area contributed by atoms with Crippen LogP contribution < -0.4 is 5.32 Å². The van der Waals surface area contributed by atoms with Gasteiger partial charge >= 0.3 is 12.1 Å². The minimum Gasteiger partial charge on any atom is -0.467 e. The molecule has 1 amide bonds. The molecule has 2 atom stereocenters. The van der Waals surface area contributed by atoms with Crippen LogP contribution in [0.3, 0.4) is 0 Å². The SMILES string of the molecule is COCO[C@@](O)(CBr)[C@H](NC(=O)OC(C)(C)C)C(=O)OC. The Morgan fingerprint density at radius 2 is 1.86 bits per heavy atom. The summed E-state index contributed by atoms with van der Waals surface area (Å²) in [7, 11) is 2.47. The van der Waals surface area contributed by atoms with Gasteiger partial charge in [0, 0.05) is 7.11 Å². The van der Waals surface area contributed by atoms with Crippen LogP contribution in [-0.2, 0) is 23.7 Å². The maximum atomic E-state index is 11.8. The predicted octanol–water partition coefficient (Wildman–Crippen LogP) is 0.757. The predicted molar refractivity (Wildman–Crippen MR) is 76.9 cm³/mol. The van der Waals surface area contributed by atoms with E-state index in [0.29, 0.717) is 0 Å². The van der Waals surface area contributed by atoms with Crippen molar-refractivity contribution < 1.29 is 33.6 Å². The lowest BCUT2D eigenvalue weighted by Crippen LogP contribution is -2.60. The van der Waals surface area contributed by atoms with Crippen LogP contribution in [0.15, 0.2) is 0 Å². The van der Waals surface area contributed by atoms with E-state index < -0.39 is 29.5 Å². The number of ether oxygens (including phenoxy) is 4. The van der Waals surface area contributed by atoms with Gasteiger partial charge in [0.15, 0.2) is 6.04 Å². The molecule has 0 bridgehead atoms. The second kappa shape index (κ2) is 8.52. The molecule has 0 aromatic carbocycles. The lowest BCUT2D eigenvalue weighted by Gasteiger charge is -2.33. The first-order chi connectivity index (χ1) is 9.59. The number of hydrogen-bond donors (Lipinski definition) is 2. The Balaban J connectivity index is 5.10. The van der Waals surface area contributed by atoms with Crippen molar-refractivity contribution in [2.45, 2.75) is 38.2 Å². The molecule has 124 valence electrons. The molecule has 0 aliphatic rings. The van der Waals surface area contributed by atoms with E-state index in [-0.39, 0.29) is 12.1 Å². The summed E-state index contributed by atoms with van der Waals surface area (Å²) in [5, 5.41) is 12.4. The van der Waals surface area contributed by atoms with E-state index in [2.05, 4.69) is 30.7 Å². The molecule has 0 saturated heterocycles. The fraction of sp³-hybridized carbons (Fsp3) is 0.833. The highest BCUT2D eigenvalue weighted by molar-refractivity contribution is 9.09. The van der Waals surface area contributed by atoms with Gasteiger partial charge in [0.05, 0.1) is 12.4 Å². The molecule has 21 heavy (non-hydrogen) atoms. The van der Waals surface area contributed by atoms with E-state index in [1.807, 2.05) is 0 Å². The highest BCUT2D eigenvalue weighted by atomic mass is 79.9. The van der Waals surface area contributed by atoms with E-state index in [9.17, 15) is 14.7 Å². The Labute approximate surface area is 132 Å². The van der Waals surface area contributed by atoms with Crippen molar-refractivity contribution in [1.29, 1.82) is 0 Å². The van der Waals surface area contributed by atoms with Gasteiger partial charge in [-0.1, -0.05) is 15.9 Å². The third-order valence-corrected chi connectivity index (χ3v) is 2.97. The summed E-state index contributed by atoms with van der Waals surface area (Å²) < 4.78 is 19.3. The minimum atomic E-state index is -2.06. The van der Waals surface area contributed by atoms with Crippen LogP contribution in [0, 0.1) is 0 Å². The number of carbonyl (C=O) groups excluding carboxylic acids is 2. The second-order valence-electron chi connectivity index (χ2n) is 5.13. The van der Waals surface area contributed by atoms with Crippen molar-refractivity contribution in [3.05, 3.63) is 0 Å². The fourth-order valence-electron chi connectivity index (χ4n) is 1.26. The number of methoxy groups -OCH3 is 2. The Hall–Kier alpha value is -0.900. The van der Waals surface area contributed by atoms with Crippen molar-refractivity contribution >= 4 is 28.0 Å². The molecule has 8 nitrogen and oxygen atoms in total. The number of alkyl carbamates (subject to hydrolysis) is 1. The molecule has 2 N–H and O–H groups in total. The summed E-state index contributed by atoms with van der Waals surface area (Å²) in [6.45, 7) is 4.71. The molecule has 0 spiro atoms. The number of carbonyl (C=O) groups is 2. The van der Waals surface area contributed by atoms with Crippen molar-refractivity contribution in [2.24, 2.45) is 0 Å². The average Bonchev–Trinajstić information content (AvgIpc) is 2.39. The zero-order valence-corrected chi connectivity index (χ0v) is 14.4. The largest absolute Gasteiger partial charge is 0.467 e. The van der Waals surface area contributed by atoms with Gasteiger partial charge in [-0.2, -0.15) is 0 Å². The van der Waals surface area contributed by atoms with Crippen molar-refractivity contribution in [3.63, 3.8) is 0 Å². The Bertz CT molecular complexity index is 358. The van der Waals surface area contributed by atoms with Gasteiger partial charge in [0.25, 0.3) is 0 Å². The van der Waals surface area contributed by atoms with Crippen LogP contribution in [-0.4, -0.2) is 60.9 Å². The van der Waals surface area contributed by atoms with Gasteiger partial charge < -0.3 is 29.4 Å². The number of nitrogens with one attached hydrogen (secondary N) is 1. The topological polar surface area (TPSA) is 103 Å². The highest BCUT2D eigenvalue weighted by Crippen LogP contribution is 2.18. The summed E-state index contributed by atoms with van der Waals surface area (Å²) >= 11 is 3.02. The zero-order valence-electron chi connectivity index (χ0n) is 12.8. The molecule has 0 aromatic rings. The quantitative estimate of drug-likeness (QED) is 0.386. The molecular formula is C12H22BrNO7. The summed E-state index contributed by atoms with van der Waals surface area (Å²) in [6.07, 6.45) is -0.890. The number of alkyl halides is 1. The Kier molecular flexibility index (Phi) is 8.16. The van der Waals surface area contributed by atoms with Crippen LogP contribution in [0.5, 0.6) is 0 Å². The maximum absolute atomic E-state index is 11.8. The number of rotatable bonds is 7. The van der Waals surface area contributed by atoms with Gasteiger partial charge in [0.1, 0.15) is 12.4 Å². The van der Waals surface area contributed by atoms with E-state index >= 15 is 0 Å². The maximum Gasteiger partial charge on any atom is 0.408 e. The first kappa shape index (κ1) is 20.1. The molecule has 9 heteroatoms. The smallest absolute Gasteiger partial charge is 0.408 e. The van der Waals surface area contributed by atoms with Crippen LogP contribution in [0.1, 0.15) is 20.8 Å². The van der Waals surface area contributed by atoms with Crippen molar-refractivity contribution in [2.75, 3.05) is 26.3 Å². The van der Waals surface area contributed by atoms with Gasteiger partial charge in [-0.25, -0.2) is 9.59 Å². The van der Waals surface area contributed by atoms with Gasteiger partial charge in [-0.3, -0.25) is 0 Å². The molecule has 0 aliphatic carbocycles. The molecule has 0 radical (unpaired) electrons. The molecule has 0 unspecified atom stereocenters. The first-order valence-electron chi connectivity index (χ1n) is 6.08. The summed E-state index contributed by atoms with van der Waals surface area (Å²) in [6, 6.07) is -1.49. The molecular weight excluding hydrogens is 350 g/mol. The van der Waals surface area contributed by atoms with E-state index in [4.69, 9.17) is 9.47 Å².